The quantitative estimate of drug-likeness (QED) is 0.824. The van der Waals surface area contributed by atoms with Crippen molar-refractivity contribution < 1.29 is 4.79 Å². The lowest BCUT2D eigenvalue weighted by Gasteiger charge is -2.23. The first kappa shape index (κ1) is 16.3. The van der Waals surface area contributed by atoms with Crippen LogP contribution in [0.1, 0.15) is 51.2 Å². The minimum atomic E-state index is -0.401. The van der Waals surface area contributed by atoms with Crippen molar-refractivity contribution in [3.8, 4) is 0 Å². The molecule has 116 valence electrons. The first-order chi connectivity index (χ1) is 10.4. The number of amides is 1. The highest BCUT2D eigenvalue weighted by atomic mass is 16.2. The van der Waals surface area contributed by atoms with Gasteiger partial charge in [0.15, 0.2) is 0 Å². The topological polar surface area (TPSA) is 29.1 Å². The molecule has 2 rings (SSSR count). The van der Waals surface area contributed by atoms with Gasteiger partial charge in [0, 0.05) is 17.0 Å². The predicted molar refractivity (Wildman–Crippen MR) is 93.1 cm³/mol. The van der Waals surface area contributed by atoms with Crippen LogP contribution in [-0.4, -0.2) is 5.91 Å². The molecule has 22 heavy (non-hydrogen) atoms. The smallest absolute Gasteiger partial charge is 0.229 e. The number of benzene rings is 2. The fourth-order valence-electron chi connectivity index (χ4n) is 2.55. The van der Waals surface area contributed by atoms with E-state index < -0.39 is 5.41 Å². The molecule has 1 atom stereocenters. The van der Waals surface area contributed by atoms with Crippen LogP contribution in [0.5, 0.6) is 0 Å². The summed E-state index contributed by atoms with van der Waals surface area (Å²) < 4.78 is 0. The second-order valence-corrected chi connectivity index (χ2v) is 6.66. The largest absolute Gasteiger partial charge is 0.325 e. The molecular weight excluding hydrogens is 270 g/mol. The lowest BCUT2D eigenvalue weighted by Crippen LogP contribution is -2.28. The molecule has 2 aromatic carbocycles. The van der Waals surface area contributed by atoms with Gasteiger partial charge in [-0.3, -0.25) is 4.79 Å². The Kier molecular flexibility index (Phi) is 5.02. The number of rotatable bonds is 4. The van der Waals surface area contributed by atoms with Gasteiger partial charge in [0.2, 0.25) is 5.91 Å². The summed E-state index contributed by atoms with van der Waals surface area (Å²) in [7, 11) is 0. The molecule has 1 N–H and O–H groups in total. The van der Waals surface area contributed by atoms with Crippen LogP contribution in [0.2, 0.25) is 0 Å². The average Bonchev–Trinajstić information content (AvgIpc) is 2.50. The maximum absolute atomic E-state index is 12.3. The van der Waals surface area contributed by atoms with E-state index in [-0.39, 0.29) is 11.8 Å². The zero-order chi connectivity index (χ0) is 16.2. The summed E-state index contributed by atoms with van der Waals surface area (Å²) in [5, 5.41) is 3.10. The van der Waals surface area contributed by atoms with E-state index in [9.17, 15) is 4.79 Å². The highest BCUT2D eigenvalue weighted by molar-refractivity contribution is 5.95. The van der Waals surface area contributed by atoms with E-state index in [4.69, 9.17) is 0 Å². The number of carbonyl (C=O) groups is 1. The van der Waals surface area contributed by atoms with Crippen LogP contribution in [0.15, 0.2) is 54.6 Å². The van der Waals surface area contributed by atoms with Gasteiger partial charge in [0.05, 0.1) is 0 Å². The molecule has 2 nitrogen and oxygen atoms in total. The highest BCUT2D eigenvalue weighted by Crippen LogP contribution is 2.33. The van der Waals surface area contributed by atoms with Gasteiger partial charge in [-0.1, -0.05) is 76.2 Å². The van der Waals surface area contributed by atoms with Crippen LogP contribution >= 0.6 is 0 Å². The number of hydrogen-bond acceptors (Lipinski definition) is 1. The summed E-state index contributed by atoms with van der Waals surface area (Å²) in [5.74, 6) is 0.334. The molecule has 2 aromatic rings. The van der Waals surface area contributed by atoms with E-state index in [0.717, 1.165) is 12.1 Å². The summed E-state index contributed by atoms with van der Waals surface area (Å²) in [6.07, 6.45) is 0.992. The van der Waals surface area contributed by atoms with Crippen molar-refractivity contribution in [1.82, 2.24) is 0 Å². The van der Waals surface area contributed by atoms with E-state index in [1.54, 1.807) is 0 Å². The van der Waals surface area contributed by atoms with Crippen molar-refractivity contribution in [3.63, 3.8) is 0 Å². The lowest BCUT2D eigenvalue weighted by atomic mass is 9.87. The fourth-order valence-corrected chi connectivity index (χ4v) is 2.55. The van der Waals surface area contributed by atoms with Gasteiger partial charge in [-0.25, -0.2) is 0 Å². The maximum atomic E-state index is 12.3. The molecule has 0 aliphatic heterocycles. The standard InChI is InChI=1S/C20H25NO/c1-5-16(15-11-7-6-8-12-15)17-13-9-10-14-18(17)21-19(22)20(2,3)4/h6-14,16H,5H2,1-4H3,(H,21,22). The molecule has 0 aliphatic carbocycles. The number of hydrogen-bond donors (Lipinski definition) is 1. The zero-order valence-corrected chi connectivity index (χ0v) is 13.9. The first-order valence-corrected chi connectivity index (χ1v) is 7.88. The number of anilines is 1. The van der Waals surface area contributed by atoms with Crippen LogP contribution in [0.25, 0.3) is 0 Å². The molecule has 0 aromatic heterocycles. The third-order valence-corrected chi connectivity index (χ3v) is 3.88. The van der Waals surface area contributed by atoms with E-state index in [0.29, 0.717) is 0 Å². The van der Waals surface area contributed by atoms with Crippen molar-refractivity contribution >= 4 is 11.6 Å². The fraction of sp³-hybridized carbons (Fsp3) is 0.350. The van der Waals surface area contributed by atoms with Crippen LogP contribution in [0.4, 0.5) is 5.69 Å². The van der Waals surface area contributed by atoms with E-state index in [1.165, 1.54) is 11.1 Å². The molecule has 1 unspecified atom stereocenters. The normalized spacial score (nSPS) is 12.7. The van der Waals surface area contributed by atoms with Crippen molar-refractivity contribution in [1.29, 1.82) is 0 Å². The maximum Gasteiger partial charge on any atom is 0.229 e. The van der Waals surface area contributed by atoms with Crippen LogP contribution < -0.4 is 5.32 Å². The van der Waals surface area contributed by atoms with Crippen molar-refractivity contribution in [2.24, 2.45) is 5.41 Å². The van der Waals surface area contributed by atoms with Gasteiger partial charge in [0.1, 0.15) is 0 Å². The van der Waals surface area contributed by atoms with Crippen molar-refractivity contribution in [3.05, 3.63) is 65.7 Å². The molecule has 0 bridgehead atoms. The third kappa shape index (κ3) is 3.76. The minimum absolute atomic E-state index is 0.0443. The molecule has 0 heterocycles. The zero-order valence-electron chi connectivity index (χ0n) is 13.9. The Bertz CT molecular complexity index is 626. The molecule has 0 aliphatic rings. The third-order valence-electron chi connectivity index (χ3n) is 3.88. The Morgan fingerprint density at radius 3 is 2.18 bits per heavy atom. The van der Waals surface area contributed by atoms with Gasteiger partial charge in [-0.05, 0) is 23.6 Å². The Morgan fingerprint density at radius 2 is 1.59 bits per heavy atom. The predicted octanol–water partition coefficient (Wildman–Crippen LogP) is 5.21. The molecular formula is C20H25NO. The second kappa shape index (κ2) is 6.78. The van der Waals surface area contributed by atoms with Gasteiger partial charge in [-0.2, -0.15) is 0 Å². The van der Waals surface area contributed by atoms with Crippen molar-refractivity contribution in [2.45, 2.75) is 40.0 Å². The Balaban J connectivity index is 2.37. The molecule has 2 heteroatoms. The number of nitrogens with one attached hydrogen (secondary N) is 1. The van der Waals surface area contributed by atoms with E-state index >= 15 is 0 Å². The molecule has 0 saturated heterocycles. The van der Waals surface area contributed by atoms with E-state index in [1.807, 2.05) is 45.0 Å². The van der Waals surface area contributed by atoms with Crippen molar-refractivity contribution in [2.75, 3.05) is 5.32 Å². The van der Waals surface area contributed by atoms with Crippen LogP contribution in [0, 0.1) is 5.41 Å². The van der Waals surface area contributed by atoms with Gasteiger partial charge >= 0.3 is 0 Å². The van der Waals surface area contributed by atoms with Crippen LogP contribution in [0.3, 0.4) is 0 Å². The highest BCUT2D eigenvalue weighted by Gasteiger charge is 2.23. The Hall–Kier alpha value is -2.09. The Morgan fingerprint density at radius 1 is 1.00 bits per heavy atom. The lowest BCUT2D eigenvalue weighted by molar-refractivity contribution is -0.123. The average molecular weight is 295 g/mol. The summed E-state index contributed by atoms with van der Waals surface area (Å²) in [5.41, 5.74) is 2.97. The summed E-state index contributed by atoms with van der Waals surface area (Å²) in [6.45, 7) is 7.97. The number of carbonyl (C=O) groups excluding carboxylic acids is 1. The first-order valence-electron chi connectivity index (χ1n) is 7.88. The minimum Gasteiger partial charge on any atom is -0.325 e. The monoisotopic (exact) mass is 295 g/mol. The summed E-state index contributed by atoms with van der Waals surface area (Å²) in [4.78, 5) is 12.3. The molecule has 0 fully saturated rings. The Labute approximate surface area is 133 Å². The number of para-hydroxylation sites is 1. The molecule has 0 spiro atoms. The van der Waals surface area contributed by atoms with Gasteiger partial charge in [0.25, 0.3) is 0 Å². The summed E-state index contributed by atoms with van der Waals surface area (Å²) in [6, 6.07) is 18.6. The summed E-state index contributed by atoms with van der Waals surface area (Å²) >= 11 is 0. The SMILES string of the molecule is CCC(c1ccccc1)c1ccccc1NC(=O)C(C)(C)C. The molecule has 0 radical (unpaired) electrons. The molecule has 1 amide bonds. The molecule has 0 saturated carbocycles. The van der Waals surface area contributed by atoms with Gasteiger partial charge < -0.3 is 5.32 Å². The second-order valence-electron chi connectivity index (χ2n) is 6.66. The van der Waals surface area contributed by atoms with Gasteiger partial charge in [-0.15, -0.1) is 0 Å². The van der Waals surface area contributed by atoms with E-state index in [2.05, 4.69) is 42.6 Å². The van der Waals surface area contributed by atoms with Crippen LogP contribution in [-0.2, 0) is 4.79 Å².